The molecule has 1 N–H and O–H groups in total. The van der Waals surface area contributed by atoms with Crippen LogP contribution in [0, 0.1) is 0 Å². The first-order chi connectivity index (χ1) is 9.26. The minimum Gasteiger partial charge on any atom is -0.307 e. The van der Waals surface area contributed by atoms with Crippen molar-refractivity contribution in [1.82, 2.24) is 14.7 Å². The van der Waals surface area contributed by atoms with Gasteiger partial charge in [0.1, 0.15) is 5.65 Å². The summed E-state index contributed by atoms with van der Waals surface area (Å²) in [6.45, 7) is 0.834. The highest BCUT2D eigenvalue weighted by atomic mass is 35.5. The number of nitrogens with zero attached hydrogens (tertiary/aromatic N) is 2. The van der Waals surface area contributed by atoms with Crippen molar-refractivity contribution in [2.24, 2.45) is 0 Å². The molecule has 1 fully saturated rings. The van der Waals surface area contributed by atoms with Gasteiger partial charge in [-0.3, -0.25) is 0 Å². The van der Waals surface area contributed by atoms with Gasteiger partial charge in [-0.05, 0) is 31.2 Å². The molecule has 2 atom stereocenters. The fraction of sp³-hybridized carbons (Fsp3) is 0.500. The molecule has 1 aliphatic carbocycles. The molecule has 3 rings (SSSR count). The Hall–Kier alpha value is -0.710. The first kappa shape index (κ1) is 13.3. The van der Waals surface area contributed by atoms with Crippen LogP contribution in [0.4, 0.5) is 0 Å². The number of halogens is 1. The normalized spacial score (nSPS) is 23.3. The molecule has 5 heteroatoms. The van der Waals surface area contributed by atoms with Crippen LogP contribution in [0.2, 0.25) is 5.02 Å². The predicted molar refractivity (Wildman–Crippen MR) is 82.0 cm³/mol. The Balaban J connectivity index is 1.68. The fourth-order valence-electron chi connectivity index (χ4n) is 2.78. The Morgan fingerprint density at radius 2 is 2.32 bits per heavy atom. The molecule has 2 heterocycles. The van der Waals surface area contributed by atoms with Crippen LogP contribution in [0.1, 0.15) is 25.0 Å². The summed E-state index contributed by atoms with van der Waals surface area (Å²) in [6.07, 6.45) is 10.1. The van der Waals surface area contributed by atoms with Crippen molar-refractivity contribution >= 4 is 29.0 Å². The quantitative estimate of drug-likeness (QED) is 0.938. The third-order valence-electron chi connectivity index (χ3n) is 3.77. The second kappa shape index (κ2) is 5.73. The molecule has 2 aromatic rings. The van der Waals surface area contributed by atoms with Crippen molar-refractivity contribution in [3.8, 4) is 0 Å². The minimum atomic E-state index is 0.628. The second-order valence-corrected chi connectivity index (χ2v) is 6.55. The Morgan fingerprint density at radius 1 is 1.42 bits per heavy atom. The Kier molecular flexibility index (Phi) is 4.01. The van der Waals surface area contributed by atoms with Crippen LogP contribution < -0.4 is 5.32 Å². The number of fused-ring (bicyclic) bond motifs is 1. The van der Waals surface area contributed by atoms with Gasteiger partial charge in [0.15, 0.2) is 0 Å². The number of rotatable bonds is 4. The van der Waals surface area contributed by atoms with Gasteiger partial charge in [-0.1, -0.05) is 18.0 Å². The summed E-state index contributed by atoms with van der Waals surface area (Å²) < 4.78 is 1.99. The van der Waals surface area contributed by atoms with Crippen LogP contribution in [0.25, 0.3) is 5.65 Å². The molecule has 1 saturated carbocycles. The van der Waals surface area contributed by atoms with Gasteiger partial charge >= 0.3 is 0 Å². The number of aromatic nitrogens is 2. The summed E-state index contributed by atoms with van der Waals surface area (Å²) >= 11 is 7.96. The molecule has 102 valence electrons. The summed E-state index contributed by atoms with van der Waals surface area (Å²) in [5, 5.41) is 5.14. The van der Waals surface area contributed by atoms with Crippen molar-refractivity contribution in [3.63, 3.8) is 0 Å². The third-order valence-corrected chi connectivity index (χ3v) is 5.16. The second-order valence-electron chi connectivity index (χ2n) is 5.04. The van der Waals surface area contributed by atoms with Gasteiger partial charge in [0.2, 0.25) is 0 Å². The van der Waals surface area contributed by atoms with E-state index in [9.17, 15) is 0 Å². The topological polar surface area (TPSA) is 29.3 Å². The SMILES string of the molecule is CSC1CCCC1NCc1cn2cc(Cl)ccc2n1. The molecule has 1 aliphatic rings. The average molecular weight is 296 g/mol. The van der Waals surface area contributed by atoms with Gasteiger partial charge in [0.05, 0.1) is 10.7 Å². The number of hydrogen-bond donors (Lipinski definition) is 1. The molecule has 0 bridgehead atoms. The molecule has 2 aromatic heterocycles. The van der Waals surface area contributed by atoms with Gasteiger partial charge in [0.25, 0.3) is 0 Å². The fourth-order valence-corrected chi connectivity index (χ4v) is 3.91. The summed E-state index contributed by atoms with van der Waals surface area (Å²) in [5.74, 6) is 0. The van der Waals surface area contributed by atoms with Crippen molar-refractivity contribution in [2.75, 3.05) is 6.26 Å². The lowest BCUT2D eigenvalue weighted by Gasteiger charge is -2.18. The molecule has 0 aliphatic heterocycles. The van der Waals surface area contributed by atoms with Crippen molar-refractivity contribution in [3.05, 3.63) is 35.2 Å². The highest BCUT2D eigenvalue weighted by Crippen LogP contribution is 2.28. The number of thioether (sulfide) groups is 1. The van der Waals surface area contributed by atoms with E-state index < -0.39 is 0 Å². The van der Waals surface area contributed by atoms with Crippen molar-refractivity contribution in [2.45, 2.75) is 37.1 Å². The van der Waals surface area contributed by atoms with E-state index in [0.717, 1.165) is 28.2 Å². The number of imidazole rings is 1. The molecule has 0 radical (unpaired) electrons. The minimum absolute atomic E-state index is 0.628. The van der Waals surface area contributed by atoms with Gasteiger partial charge in [0, 0.05) is 30.2 Å². The summed E-state index contributed by atoms with van der Waals surface area (Å²) in [6, 6.07) is 4.46. The predicted octanol–water partition coefficient (Wildman–Crippen LogP) is 3.36. The number of nitrogens with one attached hydrogen (secondary N) is 1. The third kappa shape index (κ3) is 2.91. The van der Waals surface area contributed by atoms with Crippen LogP contribution in [-0.2, 0) is 6.54 Å². The van der Waals surface area contributed by atoms with E-state index in [2.05, 4.69) is 22.8 Å². The number of pyridine rings is 1. The van der Waals surface area contributed by atoms with Gasteiger partial charge in [-0.25, -0.2) is 4.98 Å². The molecular formula is C14H18ClN3S. The lowest BCUT2D eigenvalue weighted by Crippen LogP contribution is -2.33. The maximum Gasteiger partial charge on any atom is 0.137 e. The van der Waals surface area contributed by atoms with Crippen molar-refractivity contribution < 1.29 is 0 Å². The van der Waals surface area contributed by atoms with E-state index in [-0.39, 0.29) is 0 Å². The number of hydrogen-bond acceptors (Lipinski definition) is 3. The molecule has 0 aromatic carbocycles. The van der Waals surface area contributed by atoms with Crippen LogP contribution in [-0.4, -0.2) is 26.9 Å². The Bertz CT molecular complexity index is 569. The van der Waals surface area contributed by atoms with E-state index in [4.69, 9.17) is 11.6 Å². The molecule has 2 unspecified atom stereocenters. The van der Waals surface area contributed by atoms with Gasteiger partial charge in [-0.2, -0.15) is 11.8 Å². The summed E-state index contributed by atoms with van der Waals surface area (Å²) in [5.41, 5.74) is 2.03. The van der Waals surface area contributed by atoms with Crippen LogP contribution >= 0.6 is 23.4 Å². The molecule has 0 spiro atoms. The first-order valence-corrected chi connectivity index (χ1v) is 8.32. The lowest BCUT2D eigenvalue weighted by atomic mass is 10.2. The van der Waals surface area contributed by atoms with E-state index in [0.29, 0.717) is 6.04 Å². The zero-order chi connectivity index (χ0) is 13.2. The highest BCUT2D eigenvalue weighted by molar-refractivity contribution is 7.99. The summed E-state index contributed by atoms with van der Waals surface area (Å²) in [7, 11) is 0. The van der Waals surface area contributed by atoms with E-state index in [1.807, 2.05) is 34.5 Å². The molecule has 19 heavy (non-hydrogen) atoms. The smallest absolute Gasteiger partial charge is 0.137 e. The lowest BCUT2D eigenvalue weighted by molar-refractivity contribution is 0.528. The maximum absolute atomic E-state index is 5.98. The average Bonchev–Trinajstić information content (AvgIpc) is 3.01. The van der Waals surface area contributed by atoms with Gasteiger partial charge < -0.3 is 9.72 Å². The first-order valence-electron chi connectivity index (χ1n) is 6.65. The zero-order valence-electron chi connectivity index (χ0n) is 11.0. The van der Waals surface area contributed by atoms with Crippen molar-refractivity contribution in [1.29, 1.82) is 0 Å². The van der Waals surface area contributed by atoms with Crippen LogP contribution in [0.3, 0.4) is 0 Å². The molecular weight excluding hydrogens is 278 g/mol. The summed E-state index contributed by atoms with van der Waals surface area (Å²) in [4.78, 5) is 4.60. The molecule has 0 amide bonds. The van der Waals surface area contributed by atoms with E-state index in [1.165, 1.54) is 19.3 Å². The van der Waals surface area contributed by atoms with Crippen LogP contribution in [0.15, 0.2) is 24.5 Å². The highest BCUT2D eigenvalue weighted by Gasteiger charge is 2.25. The maximum atomic E-state index is 5.98. The molecule has 0 saturated heterocycles. The standard InChI is InChI=1S/C14H18ClN3S/c1-19-13-4-2-3-12(13)16-7-11-9-18-8-10(15)5-6-14(18)17-11/h5-6,8-9,12-13,16H,2-4,7H2,1H3. The van der Waals surface area contributed by atoms with E-state index in [1.54, 1.807) is 0 Å². The molecule has 3 nitrogen and oxygen atoms in total. The zero-order valence-corrected chi connectivity index (χ0v) is 12.5. The monoisotopic (exact) mass is 295 g/mol. The van der Waals surface area contributed by atoms with Gasteiger partial charge in [-0.15, -0.1) is 0 Å². The van der Waals surface area contributed by atoms with Crippen LogP contribution in [0.5, 0.6) is 0 Å². The Morgan fingerprint density at radius 3 is 3.16 bits per heavy atom. The largest absolute Gasteiger partial charge is 0.307 e. The van der Waals surface area contributed by atoms with E-state index >= 15 is 0 Å². The Labute approximate surface area is 122 Å².